The zero-order valence-corrected chi connectivity index (χ0v) is 14.6. The zero-order valence-electron chi connectivity index (χ0n) is 13.8. The molecule has 1 aliphatic rings. The van der Waals surface area contributed by atoms with Gasteiger partial charge in [0, 0.05) is 39.6 Å². The zero-order chi connectivity index (χ0) is 18.6. The van der Waals surface area contributed by atoms with Gasteiger partial charge in [-0.05, 0) is 18.2 Å². The molecular formula is C16H21ClF3N3O2. The van der Waals surface area contributed by atoms with Gasteiger partial charge in [-0.1, -0.05) is 0 Å². The van der Waals surface area contributed by atoms with E-state index in [0.717, 1.165) is 12.1 Å². The summed E-state index contributed by atoms with van der Waals surface area (Å²) < 4.78 is 39.0. The Hall–Kier alpha value is -1.67. The van der Waals surface area contributed by atoms with Crippen molar-refractivity contribution in [3.63, 3.8) is 0 Å². The van der Waals surface area contributed by atoms with Crippen LogP contribution >= 0.6 is 11.6 Å². The summed E-state index contributed by atoms with van der Waals surface area (Å²) in [5.41, 5.74) is 0.134. The van der Waals surface area contributed by atoms with Crippen LogP contribution in [0.15, 0.2) is 18.2 Å². The lowest BCUT2D eigenvalue weighted by Gasteiger charge is -2.36. The van der Waals surface area contributed by atoms with Gasteiger partial charge in [-0.2, -0.15) is 13.2 Å². The van der Waals surface area contributed by atoms with E-state index >= 15 is 0 Å². The highest BCUT2D eigenvalue weighted by Crippen LogP contribution is 2.35. The van der Waals surface area contributed by atoms with Crippen LogP contribution in [0.5, 0.6) is 0 Å². The van der Waals surface area contributed by atoms with Crippen molar-refractivity contribution in [2.75, 3.05) is 48.8 Å². The second-order valence-corrected chi connectivity index (χ2v) is 6.22. The molecule has 25 heavy (non-hydrogen) atoms. The van der Waals surface area contributed by atoms with E-state index in [9.17, 15) is 23.1 Å². The number of carbonyl (C=O) groups excluding carboxylic acids is 1. The molecule has 1 unspecified atom stereocenters. The average molecular weight is 380 g/mol. The molecule has 9 heteroatoms. The Bertz CT molecular complexity index is 605. The molecule has 0 aromatic heterocycles. The Morgan fingerprint density at radius 1 is 1.32 bits per heavy atom. The molecule has 1 fully saturated rings. The maximum absolute atomic E-state index is 13.0. The van der Waals surface area contributed by atoms with E-state index in [2.05, 4.69) is 5.32 Å². The lowest BCUT2D eigenvalue weighted by atomic mass is 10.1. The summed E-state index contributed by atoms with van der Waals surface area (Å²) in [6.45, 7) is 3.62. The molecule has 0 aliphatic carbocycles. The minimum atomic E-state index is -4.45. The molecule has 0 saturated carbocycles. The molecule has 0 spiro atoms. The maximum atomic E-state index is 13.0. The molecule has 1 saturated heterocycles. The maximum Gasteiger partial charge on any atom is 0.416 e. The summed E-state index contributed by atoms with van der Waals surface area (Å²) in [5, 5.41) is 12.4. The third-order valence-electron chi connectivity index (χ3n) is 4.10. The number of hydrogen-bond donors (Lipinski definition) is 2. The Balaban J connectivity index is 2.22. The second-order valence-electron chi connectivity index (χ2n) is 5.91. The molecule has 1 aliphatic heterocycles. The van der Waals surface area contributed by atoms with Crippen LogP contribution in [-0.4, -0.2) is 60.6 Å². The van der Waals surface area contributed by atoms with Crippen molar-refractivity contribution in [3.05, 3.63) is 23.8 Å². The van der Waals surface area contributed by atoms with Gasteiger partial charge in [0.25, 0.3) is 0 Å². The number of piperazine rings is 1. The van der Waals surface area contributed by atoms with Crippen LogP contribution in [0, 0.1) is 0 Å². The molecule has 0 radical (unpaired) electrons. The van der Waals surface area contributed by atoms with Crippen molar-refractivity contribution < 1.29 is 23.1 Å². The molecule has 0 bridgehead atoms. The van der Waals surface area contributed by atoms with Gasteiger partial charge in [0.15, 0.2) is 0 Å². The van der Waals surface area contributed by atoms with Gasteiger partial charge in [-0.25, -0.2) is 0 Å². The molecule has 2 rings (SSSR count). The van der Waals surface area contributed by atoms with Gasteiger partial charge in [0.2, 0.25) is 5.91 Å². The molecule has 1 atom stereocenters. The highest BCUT2D eigenvalue weighted by Gasteiger charge is 2.32. The number of hydrogen-bond acceptors (Lipinski definition) is 4. The first-order valence-corrected chi connectivity index (χ1v) is 8.45. The molecule has 1 aromatic carbocycles. The lowest BCUT2D eigenvalue weighted by Crippen LogP contribution is -2.48. The number of aliphatic hydroxyl groups is 1. The number of amides is 1. The normalized spacial score (nSPS) is 16.7. The van der Waals surface area contributed by atoms with Gasteiger partial charge in [0.05, 0.1) is 28.9 Å². The third kappa shape index (κ3) is 5.15. The van der Waals surface area contributed by atoms with Gasteiger partial charge in [-0.3, -0.25) is 4.79 Å². The van der Waals surface area contributed by atoms with E-state index in [0.29, 0.717) is 31.9 Å². The number of alkyl halides is 4. The van der Waals surface area contributed by atoms with E-state index in [1.54, 1.807) is 4.90 Å². The molecule has 140 valence electrons. The molecule has 5 nitrogen and oxygen atoms in total. The fourth-order valence-corrected chi connectivity index (χ4v) is 2.78. The third-order valence-corrected chi connectivity index (χ3v) is 4.45. The van der Waals surface area contributed by atoms with Crippen LogP contribution in [-0.2, 0) is 11.0 Å². The van der Waals surface area contributed by atoms with E-state index in [1.807, 2.05) is 4.90 Å². The van der Waals surface area contributed by atoms with Crippen molar-refractivity contribution >= 4 is 28.9 Å². The molecule has 1 aromatic rings. The summed E-state index contributed by atoms with van der Waals surface area (Å²) >= 11 is 5.54. The Morgan fingerprint density at radius 2 is 1.96 bits per heavy atom. The molecular weight excluding hydrogens is 359 g/mol. The monoisotopic (exact) mass is 379 g/mol. The van der Waals surface area contributed by atoms with Crippen LogP contribution in [0.25, 0.3) is 0 Å². The summed E-state index contributed by atoms with van der Waals surface area (Å²) in [6.07, 6.45) is -5.31. The van der Waals surface area contributed by atoms with Crippen LogP contribution in [0.2, 0.25) is 0 Å². The Morgan fingerprint density at radius 3 is 2.48 bits per heavy atom. The number of halogens is 4. The van der Waals surface area contributed by atoms with Gasteiger partial charge < -0.3 is 20.2 Å². The first-order chi connectivity index (χ1) is 11.7. The van der Waals surface area contributed by atoms with Crippen molar-refractivity contribution in [1.29, 1.82) is 0 Å². The van der Waals surface area contributed by atoms with E-state index in [4.69, 9.17) is 11.6 Å². The standard InChI is InChI=1S/C16H21ClF3N3O2/c1-11(24)22-4-6-23(7-5-22)15-3-2-12(16(18,19)20)8-14(15)21-10-13(25)9-17/h2-3,8,13,21,25H,4-7,9-10H2,1H3. The molecule has 1 amide bonds. The van der Waals surface area contributed by atoms with Crippen LogP contribution < -0.4 is 10.2 Å². The number of benzene rings is 1. The van der Waals surface area contributed by atoms with Crippen molar-refractivity contribution in [3.8, 4) is 0 Å². The predicted molar refractivity (Wildman–Crippen MR) is 91.1 cm³/mol. The summed E-state index contributed by atoms with van der Waals surface area (Å²) in [7, 11) is 0. The average Bonchev–Trinajstić information content (AvgIpc) is 2.58. The highest BCUT2D eigenvalue weighted by molar-refractivity contribution is 6.18. The number of anilines is 2. The minimum absolute atomic E-state index is 0.0153. The minimum Gasteiger partial charge on any atom is -0.390 e. The Kier molecular flexibility index (Phi) is 6.40. The Labute approximate surface area is 149 Å². The van der Waals surface area contributed by atoms with E-state index < -0.39 is 17.8 Å². The first-order valence-electron chi connectivity index (χ1n) is 7.92. The SMILES string of the molecule is CC(=O)N1CCN(c2ccc(C(F)(F)F)cc2NCC(O)CCl)CC1. The van der Waals surface area contributed by atoms with Crippen LogP contribution in [0.1, 0.15) is 12.5 Å². The smallest absolute Gasteiger partial charge is 0.390 e. The van der Waals surface area contributed by atoms with Crippen molar-refractivity contribution in [2.24, 2.45) is 0 Å². The van der Waals surface area contributed by atoms with Gasteiger partial charge in [0.1, 0.15) is 0 Å². The lowest BCUT2D eigenvalue weighted by molar-refractivity contribution is -0.137. The van der Waals surface area contributed by atoms with Crippen LogP contribution in [0.3, 0.4) is 0 Å². The van der Waals surface area contributed by atoms with Gasteiger partial charge >= 0.3 is 6.18 Å². The molecule has 2 N–H and O–H groups in total. The fraction of sp³-hybridized carbons (Fsp3) is 0.562. The fourth-order valence-electron chi connectivity index (χ4n) is 2.67. The van der Waals surface area contributed by atoms with Crippen molar-refractivity contribution in [1.82, 2.24) is 4.90 Å². The molecule has 1 heterocycles. The second kappa shape index (κ2) is 8.14. The number of carbonyl (C=O) groups is 1. The number of nitrogens with one attached hydrogen (secondary N) is 1. The summed E-state index contributed by atoms with van der Waals surface area (Å²) in [6, 6.07) is 3.49. The first kappa shape index (κ1) is 19.7. The number of aliphatic hydroxyl groups excluding tert-OH is 1. The topological polar surface area (TPSA) is 55.8 Å². The largest absolute Gasteiger partial charge is 0.416 e. The predicted octanol–water partition coefficient (Wildman–Crippen LogP) is 2.39. The highest BCUT2D eigenvalue weighted by atomic mass is 35.5. The van der Waals surface area contributed by atoms with Crippen molar-refractivity contribution in [2.45, 2.75) is 19.2 Å². The van der Waals surface area contributed by atoms with E-state index in [1.165, 1.54) is 13.0 Å². The van der Waals surface area contributed by atoms with Crippen LogP contribution in [0.4, 0.5) is 24.5 Å². The summed E-state index contributed by atoms with van der Waals surface area (Å²) in [4.78, 5) is 15.0. The summed E-state index contributed by atoms with van der Waals surface area (Å²) in [5.74, 6) is -0.0332. The number of nitrogens with zero attached hydrogens (tertiary/aromatic N) is 2. The quantitative estimate of drug-likeness (QED) is 0.771. The number of rotatable bonds is 5. The van der Waals surface area contributed by atoms with E-state index in [-0.39, 0.29) is 24.0 Å². The van der Waals surface area contributed by atoms with Gasteiger partial charge in [-0.15, -0.1) is 11.6 Å².